The number of hydroxylamine groups is 1. The summed E-state index contributed by atoms with van der Waals surface area (Å²) in [4.78, 5) is 11.4. The van der Waals surface area contributed by atoms with Gasteiger partial charge in [-0.15, -0.1) is 0 Å². The van der Waals surface area contributed by atoms with Gasteiger partial charge in [0.2, 0.25) is 0 Å². The van der Waals surface area contributed by atoms with Gasteiger partial charge in [0.15, 0.2) is 5.12 Å². The molecule has 1 heterocycles. The smallest absolute Gasteiger partial charge is 0.373 e. The Morgan fingerprint density at radius 2 is 1.13 bits per heavy atom. The largest absolute Gasteiger partial charge is 0.517 e. The molecule has 274 valence electrons. The molecule has 2 unspecified atom stereocenters. The van der Waals surface area contributed by atoms with E-state index >= 15 is 0 Å². The molecule has 5 nitrogen and oxygen atoms in total. The lowest BCUT2D eigenvalue weighted by Gasteiger charge is -2.33. The number of unbranched alkanes of at least 4 members (excludes halogenated alkanes) is 24. The van der Waals surface area contributed by atoms with Gasteiger partial charge in [0, 0.05) is 38.5 Å². The van der Waals surface area contributed by atoms with Crippen molar-refractivity contribution < 1.29 is 18.2 Å². The van der Waals surface area contributed by atoms with Gasteiger partial charge >= 0.3 is 8.80 Å². The Hall–Kier alpha value is 0.0769. The first-order valence-electron chi connectivity index (χ1n) is 20.4. The summed E-state index contributed by atoms with van der Waals surface area (Å²) >= 11 is 1.40. The third-order valence-corrected chi connectivity index (χ3v) is 13.3. The van der Waals surface area contributed by atoms with E-state index in [0.717, 1.165) is 44.2 Å². The number of hydrogen-bond acceptors (Lipinski definition) is 6. The maximum absolute atomic E-state index is 11.4. The minimum atomic E-state index is -2.78. The average Bonchev–Trinajstić information content (AvgIpc) is 3.03. The van der Waals surface area contributed by atoms with Crippen LogP contribution in [0.25, 0.3) is 0 Å². The lowest BCUT2D eigenvalue weighted by Crippen LogP contribution is -2.52. The van der Waals surface area contributed by atoms with Crippen LogP contribution in [0.1, 0.15) is 207 Å². The van der Waals surface area contributed by atoms with Gasteiger partial charge in [-0.1, -0.05) is 186 Å². The van der Waals surface area contributed by atoms with Crippen molar-refractivity contribution in [1.82, 2.24) is 5.48 Å². The lowest BCUT2D eigenvalue weighted by atomic mass is 9.97. The van der Waals surface area contributed by atoms with Crippen LogP contribution in [0.5, 0.6) is 0 Å². The first-order chi connectivity index (χ1) is 22.6. The minimum absolute atomic E-state index is 0.178. The van der Waals surface area contributed by atoms with Crippen LogP contribution in [0.2, 0.25) is 6.04 Å². The summed E-state index contributed by atoms with van der Waals surface area (Å²) in [5.74, 6) is 1.41. The summed E-state index contributed by atoms with van der Waals surface area (Å²) in [6.07, 6.45) is 39.0. The summed E-state index contributed by atoms with van der Waals surface area (Å²) < 4.78 is 19.2. The predicted octanol–water partition coefficient (Wildman–Crippen LogP) is 12.7. The molecule has 7 heteroatoms. The van der Waals surface area contributed by atoms with Crippen molar-refractivity contribution in [3.63, 3.8) is 0 Å². The zero-order valence-electron chi connectivity index (χ0n) is 31.2. The number of carbonyl (C=O) groups is 1. The van der Waals surface area contributed by atoms with E-state index in [0.29, 0.717) is 12.5 Å². The molecule has 0 spiro atoms. The Morgan fingerprint density at radius 3 is 1.61 bits per heavy atom. The molecule has 2 atom stereocenters. The third kappa shape index (κ3) is 28.0. The van der Waals surface area contributed by atoms with E-state index in [4.69, 9.17) is 13.4 Å². The minimum Gasteiger partial charge on any atom is -0.373 e. The normalized spacial score (nSPS) is 18.9. The van der Waals surface area contributed by atoms with Crippen LogP contribution in [0.15, 0.2) is 0 Å². The Labute approximate surface area is 292 Å². The number of nitrogens with one attached hydrogen (secondary N) is 1. The van der Waals surface area contributed by atoms with Crippen LogP contribution in [-0.4, -0.2) is 39.4 Å². The molecule has 0 aromatic rings. The highest BCUT2D eigenvalue weighted by Gasteiger charge is 2.42. The monoisotopic (exact) mass is 686 g/mol. The first kappa shape index (κ1) is 44.1. The third-order valence-electron chi connectivity index (χ3n) is 9.67. The van der Waals surface area contributed by atoms with Crippen molar-refractivity contribution >= 4 is 25.7 Å². The van der Waals surface area contributed by atoms with Gasteiger partial charge in [-0.2, -0.15) is 0 Å². The Kier molecular flexibility index (Phi) is 32.2. The van der Waals surface area contributed by atoms with E-state index in [2.05, 4.69) is 19.3 Å². The topological polar surface area (TPSA) is 56.8 Å². The van der Waals surface area contributed by atoms with Crippen LogP contribution in [0.4, 0.5) is 0 Å². The van der Waals surface area contributed by atoms with Crippen LogP contribution < -0.4 is 5.48 Å². The summed E-state index contributed by atoms with van der Waals surface area (Å²) in [5.41, 5.74) is 3.31. The molecule has 1 fully saturated rings. The standard InChI is InChI=1S/C39H79NO4SSi/c1-4-6-8-10-12-14-16-17-18-19-20-21-23-25-27-29-33-42-46(36-30-35-45-38(3)41)43-34-32-39(37-40-44-46)31-28-26-24-22-15-13-11-9-7-5-2/h39-40H,4-37H2,1-3H3. The molecule has 0 aliphatic carbocycles. The van der Waals surface area contributed by atoms with Crippen LogP contribution in [0.3, 0.4) is 0 Å². The lowest BCUT2D eigenvalue weighted by molar-refractivity contribution is -0.109. The van der Waals surface area contributed by atoms with E-state index in [1.165, 1.54) is 179 Å². The molecule has 1 aliphatic heterocycles. The van der Waals surface area contributed by atoms with Crippen LogP contribution in [-0.2, 0) is 18.2 Å². The molecule has 0 amide bonds. The van der Waals surface area contributed by atoms with Gasteiger partial charge in [0.1, 0.15) is 0 Å². The summed E-state index contributed by atoms with van der Waals surface area (Å²) in [5, 5.41) is 0.178. The summed E-state index contributed by atoms with van der Waals surface area (Å²) in [7, 11) is -2.78. The van der Waals surface area contributed by atoms with Gasteiger partial charge in [0.05, 0.1) is 0 Å². The molecule has 1 rings (SSSR count). The van der Waals surface area contributed by atoms with E-state index in [1.54, 1.807) is 6.92 Å². The molecule has 0 aromatic heterocycles. The fourth-order valence-corrected chi connectivity index (χ4v) is 9.82. The molecular formula is C39H79NO4SSi. The summed E-state index contributed by atoms with van der Waals surface area (Å²) in [6.45, 7) is 8.56. The molecule has 1 N–H and O–H groups in total. The summed E-state index contributed by atoms with van der Waals surface area (Å²) in [6, 6.07) is 0.780. The van der Waals surface area contributed by atoms with Gasteiger partial charge in [-0.3, -0.25) is 9.32 Å². The molecule has 1 aliphatic rings. The first-order valence-corrected chi connectivity index (χ1v) is 23.4. The van der Waals surface area contributed by atoms with Crippen molar-refractivity contribution in [3.8, 4) is 0 Å². The van der Waals surface area contributed by atoms with Gasteiger partial charge in [0.25, 0.3) is 0 Å². The number of carbonyl (C=O) groups excluding carboxylic acids is 1. The maximum atomic E-state index is 11.4. The SMILES string of the molecule is CCCCCCCCCCCCCCCCCCO[Si]1(CCCSC(C)=O)OCCC(CCCCCCCCCCCC)CNO1. The Balaban J connectivity index is 2.17. The van der Waals surface area contributed by atoms with Crippen molar-refractivity contribution in [2.24, 2.45) is 5.92 Å². The van der Waals surface area contributed by atoms with Crippen molar-refractivity contribution in [1.29, 1.82) is 0 Å². The highest BCUT2D eigenvalue weighted by molar-refractivity contribution is 8.13. The molecule has 0 aromatic carbocycles. The fraction of sp³-hybridized carbons (Fsp3) is 0.974. The van der Waals surface area contributed by atoms with E-state index in [9.17, 15) is 4.79 Å². The zero-order chi connectivity index (χ0) is 33.2. The maximum Gasteiger partial charge on any atom is 0.517 e. The molecule has 1 saturated heterocycles. The molecule has 46 heavy (non-hydrogen) atoms. The van der Waals surface area contributed by atoms with Crippen molar-refractivity contribution in [2.45, 2.75) is 213 Å². The Bertz CT molecular complexity index is 645. The molecule has 0 bridgehead atoms. The van der Waals surface area contributed by atoms with E-state index < -0.39 is 8.80 Å². The average molecular weight is 686 g/mol. The molecular weight excluding hydrogens is 607 g/mol. The zero-order valence-corrected chi connectivity index (χ0v) is 33.0. The number of rotatable bonds is 33. The second kappa shape index (κ2) is 33.6. The predicted molar refractivity (Wildman–Crippen MR) is 203 cm³/mol. The van der Waals surface area contributed by atoms with E-state index in [-0.39, 0.29) is 5.12 Å². The van der Waals surface area contributed by atoms with Crippen LogP contribution >= 0.6 is 11.8 Å². The second-order valence-electron chi connectivity index (χ2n) is 14.2. The van der Waals surface area contributed by atoms with E-state index in [1.807, 2.05) is 0 Å². The van der Waals surface area contributed by atoms with Crippen LogP contribution in [0, 0.1) is 5.92 Å². The number of thioether (sulfide) groups is 1. The van der Waals surface area contributed by atoms with Gasteiger partial charge < -0.3 is 8.85 Å². The second-order valence-corrected chi connectivity index (χ2v) is 18.1. The fourth-order valence-electron chi connectivity index (χ4n) is 6.60. The highest BCUT2D eigenvalue weighted by atomic mass is 32.2. The van der Waals surface area contributed by atoms with Gasteiger partial charge in [-0.05, 0) is 31.6 Å². The van der Waals surface area contributed by atoms with Crippen molar-refractivity contribution in [2.75, 3.05) is 25.5 Å². The number of hydrogen-bond donors (Lipinski definition) is 1. The highest BCUT2D eigenvalue weighted by Crippen LogP contribution is 2.25. The molecule has 0 saturated carbocycles. The Morgan fingerprint density at radius 1 is 0.674 bits per heavy atom. The van der Waals surface area contributed by atoms with Crippen molar-refractivity contribution in [3.05, 3.63) is 0 Å². The van der Waals surface area contributed by atoms with Gasteiger partial charge in [-0.25, -0.2) is 5.48 Å². The molecule has 0 radical (unpaired) electrons. The quantitative estimate of drug-likeness (QED) is 0.0548.